The molecule has 0 saturated carbocycles. The van der Waals surface area contributed by atoms with Gasteiger partial charge in [-0.2, -0.15) is 0 Å². The number of anilines is 1. The fraction of sp³-hybridized carbons (Fsp3) is 0.278. The number of aromatic nitrogens is 4. The largest absolute Gasteiger partial charge is 0.495 e. The zero-order valence-electron chi connectivity index (χ0n) is 14.4. The quantitative estimate of drug-likeness (QED) is 0.636. The Labute approximate surface area is 146 Å². The molecule has 3 heterocycles. The molecule has 25 heavy (non-hydrogen) atoms. The molecule has 0 aliphatic carbocycles. The Morgan fingerprint density at radius 3 is 2.92 bits per heavy atom. The molecule has 7 heteroatoms. The van der Waals surface area contributed by atoms with Crippen molar-refractivity contribution in [2.24, 2.45) is 0 Å². The number of hydrogen-bond acceptors (Lipinski definition) is 6. The Balaban J connectivity index is 2.02. The molecule has 0 spiro atoms. The average Bonchev–Trinajstić information content (AvgIpc) is 3.05. The minimum absolute atomic E-state index is 0.589. The van der Waals surface area contributed by atoms with Crippen molar-refractivity contribution in [1.29, 1.82) is 0 Å². The Hall–Kier alpha value is -2.93. The lowest BCUT2D eigenvalue weighted by molar-refractivity contribution is 0.210. The highest BCUT2D eigenvalue weighted by molar-refractivity contribution is 5.87. The van der Waals surface area contributed by atoms with Crippen LogP contribution in [0.5, 0.6) is 5.75 Å². The van der Waals surface area contributed by atoms with Gasteiger partial charge in [-0.1, -0.05) is 6.58 Å². The minimum atomic E-state index is 0.589. The van der Waals surface area contributed by atoms with Crippen molar-refractivity contribution in [1.82, 2.24) is 19.5 Å². The van der Waals surface area contributed by atoms with E-state index in [4.69, 9.17) is 9.47 Å². The maximum absolute atomic E-state index is 5.40. The molecule has 130 valence electrons. The highest BCUT2D eigenvalue weighted by Gasteiger charge is 2.13. The summed E-state index contributed by atoms with van der Waals surface area (Å²) in [6.07, 6.45) is 7.11. The molecule has 3 aromatic heterocycles. The predicted octanol–water partition coefficient (Wildman–Crippen LogP) is 2.58. The van der Waals surface area contributed by atoms with Crippen LogP contribution in [-0.4, -0.2) is 46.9 Å². The van der Waals surface area contributed by atoms with E-state index in [2.05, 4.69) is 31.4 Å². The number of nitrogens with zero attached hydrogens (tertiary/aromatic N) is 4. The Bertz CT molecular complexity index is 875. The second-order valence-electron chi connectivity index (χ2n) is 5.42. The van der Waals surface area contributed by atoms with Crippen LogP contribution >= 0.6 is 0 Å². The SMILES string of the molecule is C=Cc1nc(NCCOC)c2c(ccn2Cc2ccncc2OC)n1. The summed E-state index contributed by atoms with van der Waals surface area (Å²) in [4.78, 5) is 13.2. The summed E-state index contributed by atoms with van der Waals surface area (Å²) in [6.45, 7) is 5.64. The maximum atomic E-state index is 5.40. The summed E-state index contributed by atoms with van der Waals surface area (Å²) in [5, 5.41) is 3.32. The lowest BCUT2D eigenvalue weighted by atomic mass is 10.2. The van der Waals surface area contributed by atoms with Crippen molar-refractivity contribution in [3.8, 4) is 5.75 Å². The molecule has 0 unspecified atom stereocenters. The van der Waals surface area contributed by atoms with Crippen molar-refractivity contribution in [2.45, 2.75) is 6.54 Å². The fourth-order valence-electron chi connectivity index (χ4n) is 2.65. The molecule has 7 nitrogen and oxygen atoms in total. The summed E-state index contributed by atoms with van der Waals surface area (Å²) in [5.41, 5.74) is 2.82. The van der Waals surface area contributed by atoms with Gasteiger partial charge in [-0.05, 0) is 18.2 Å². The molecule has 0 atom stereocenters. The molecule has 3 rings (SSSR count). The van der Waals surface area contributed by atoms with Crippen LogP contribution in [0.1, 0.15) is 11.4 Å². The fourth-order valence-corrected chi connectivity index (χ4v) is 2.65. The second kappa shape index (κ2) is 7.76. The molecular weight excluding hydrogens is 318 g/mol. The van der Waals surface area contributed by atoms with Crippen LogP contribution in [0.2, 0.25) is 0 Å². The van der Waals surface area contributed by atoms with E-state index < -0.39 is 0 Å². The molecule has 0 radical (unpaired) electrons. The van der Waals surface area contributed by atoms with Crippen molar-refractivity contribution in [3.05, 3.63) is 48.7 Å². The zero-order chi connectivity index (χ0) is 17.6. The van der Waals surface area contributed by atoms with Gasteiger partial charge in [0.2, 0.25) is 0 Å². The zero-order valence-corrected chi connectivity index (χ0v) is 14.4. The highest BCUT2D eigenvalue weighted by atomic mass is 16.5. The first-order valence-corrected chi connectivity index (χ1v) is 7.95. The number of methoxy groups -OCH3 is 2. The molecule has 1 N–H and O–H groups in total. The van der Waals surface area contributed by atoms with E-state index in [0.29, 0.717) is 25.5 Å². The van der Waals surface area contributed by atoms with Gasteiger partial charge in [0.05, 0.1) is 32.0 Å². The van der Waals surface area contributed by atoms with Crippen LogP contribution < -0.4 is 10.1 Å². The maximum Gasteiger partial charge on any atom is 0.154 e. The molecule has 0 fully saturated rings. The van der Waals surface area contributed by atoms with Gasteiger partial charge in [0.15, 0.2) is 11.6 Å². The van der Waals surface area contributed by atoms with Gasteiger partial charge in [-0.15, -0.1) is 0 Å². The minimum Gasteiger partial charge on any atom is -0.495 e. The van der Waals surface area contributed by atoms with Crippen LogP contribution in [-0.2, 0) is 11.3 Å². The molecule has 0 bridgehead atoms. The monoisotopic (exact) mass is 339 g/mol. The predicted molar refractivity (Wildman–Crippen MR) is 97.9 cm³/mol. The number of pyridine rings is 1. The molecule has 0 aliphatic rings. The van der Waals surface area contributed by atoms with E-state index in [-0.39, 0.29) is 0 Å². The van der Waals surface area contributed by atoms with Gasteiger partial charge < -0.3 is 19.4 Å². The summed E-state index contributed by atoms with van der Waals surface area (Å²) in [6, 6.07) is 3.92. The van der Waals surface area contributed by atoms with E-state index in [1.807, 2.05) is 18.3 Å². The third-order valence-corrected chi connectivity index (χ3v) is 3.84. The lowest BCUT2D eigenvalue weighted by Crippen LogP contribution is -2.12. The Morgan fingerprint density at radius 1 is 1.28 bits per heavy atom. The van der Waals surface area contributed by atoms with Gasteiger partial charge in [0.1, 0.15) is 11.3 Å². The van der Waals surface area contributed by atoms with Crippen LogP contribution in [0.4, 0.5) is 5.82 Å². The highest BCUT2D eigenvalue weighted by Crippen LogP contribution is 2.25. The van der Waals surface area contributed by atoms with Crippen molar-refractivity contribution in [2.75, 3.05) is 32.7 Å². The standard InChI is InChI=1S/C18H21N5O2/c1-4-16-21-14-6-9-23(12-13-5-7-19-11-15(13)25-3)17(14)18(22-16)20-8-10-24-2/h4-7,9,11H,1,8,10,12H2,2-3H3,(H,20,21,22). The summed E-state index contributed by atoms with van der Waals surface area (Å²) in [5.74, 6) is 2.10. The summed E-state index contributed by atoms with van der Waals surface area (Å²) in [7, 11) is 3.32. The first-order chi connectivity index (χ1) is 12.3. The Morgan fingerprint density at radius 2 is 2.16 bits per heavy atom. The molecule has 0 aliphatic heterocycles. The molecule has 0 aromatic carbocycles. The second-order valence-corrected chi connectivity index (χ2v) is 5.42. The van der Waals surface area contributed by atoms with Crippen LogP contribution in [0.3, 0.4) is 0 Å². The van der Waals surface area contributed by atoms with E-state index in [1.165, 1.54) is 0 Å². The third-order valence-electron chi connectivity index (χ3n) is 3.84. The number of ether oxygens (including phenoxy) is 2. The van der Waals surface area contributed by atoms with Crippen LogP contribution in [0.15, 0.2) is 37.3 Å². The Kier molecular flexibility index (Phi) is 5.25. The summed E-state index contributed by atoms with van der Waals surface area (Å²) < 4.78 is 12.6. The lowest BCUT2D eigenvalue weighted by Gasteiger charge is -2.13. The van der Waals surface area contributed by atoms with Gasteiger partial charge in [0.25, 0.3) is 0 Å². The molecule has 0 amide bonds. The van der Waals surface area contributed by atoms with E-state index >= 15 is 0 Å². The van der Waals surface area contributed by atoms with E-state index in [1.54, 1.807) is 32.7 Å². The van der Waals surface area contributed by atoms with Gasteiger partial charge in [0, 0.05) is 31.6 Å². The van der Waals surface area contributed by atoms with Crippen molar-refractivity contribution >= 4 is 22.9 Å². The van der Waals surface area contributed by atoms with E-state index in [0.717, 1.165) is 28.2 Å². The normalized spacial score (nSPS) is 10.8. The van der Waals surface area contributed by atoms with Crippen molar-refractivity contribution in [3.63, 3.8) is 0 Å². The molecule has 0 saturated heterocycles. The van der Waals surface area contributed by atoms with Crippen molar-refractivity contribution < 1.29 is 9.47 Å². The molecular formula is C18H21N5O2. The van der Waals surface area contributed by atoms with Gasteiger partial charge >= 0.3 is 0 Å². The third kappa shape index (κ3) is 3.61. The van der Waals surface area contributed by atoms with Gasteiger partial charge in [-0.3, -0.25) is 4.98 Å². The smallest absolute Gasteiger partial charge is 0.154 e. The first kappa shape index (κ1) is 16.9. The van der Waals surface area contributed by atoms with Crippen LogP contribution in [0.25, 0.3) is 17.1 Å². The number of rotatable bonds is 8. The number of nitrogens with one attached hydrogen (secondary N) is 1. The first-order valence-electron chi connectivity index (χ1n) is 7.95. The van der Waals surface area contributed by atoms with E-state index in [9.17, 15) is 0 Å². The number of hydrogen-bond donors (Lipinski definition) is 1. The number of fused-ring (bicyclic) bond motifs is 1. The molecule has 3 aromatic rings. The average molecular weight is 339 g/mol. The van der Waals surface area contributed by atoms with Crippen LogP contribution in [0, 0.1) is 0 Å². The van der Waals surface area contributed by atoms with Gasteiger partial charge in [-0.25, -0.2) is 9.97 Å². The topological polar surface area (TPSA) is 74.1 Å². The summed E-state index contributed by atoms with van der Waals surface area (Å²) >= 11 is 0.